The Balaban J connectivity index is 1.57. The summed E-state index contributed by atoms with van der Waals surface area (Å²) in [6, 6.07) is 9.22. The minimum absolute atomic E-state index is 0.0285. The van der Waals surface area contributed by atoms with E-state index >= 15 is 0 Å². The predicted molar refractivity (Wildman–Crippen MR) is 162 cm³/mol. The second-order valence-corrected chi connectivity index (χ2v) is 11.9. The maximum Gasteiger partial charge on any atom is 0.337 e. The van der Waals surface area contributed by atoms with Gasteiger partial charge in [-0.05, 0) is 103 Å². The van der Waals surface area contributed by atoms with Crippen molar-refractivity contribution < 1.29 is 33.6 Å². The minimum atomic E-state index is -0.674. The summed E-state index contributed by atoms with van der Waals surface area (Å²) >= 11 is 3.45. The number of phenolic OH excluding ortho intramolecular Hbond substituents is 1. The molecule has 1 saturated carbocycles. The average molecular weight is 641 g/mol. The molecule has 0 aromatic heterocycles. The van der Waals surface area contributed by atoms with Crippen LogP contribution in [0.5, 0.6) is 23.0 Å². The van der Waals surface area contributed by atoms with Gasteiger partial charge >= 0.3 is 5.97 Å². The molecule has 8 nitrogen and oxygen atoms in total. The first-order valence-corrected chi connectivity index (χ1v) is 15.4. The number of phenols is 1. The summed E-state index contributed by atoms with van der Waals surface area (Å²) < 4.78 is 23.1. The van der Waals surface area contributed by atoms with Crippen molar-refractivity contribution in [2.75, 3.05) is 20.8 Å². The monoisotopic (exact) mass is 639 g/mol. The number of carbonyl (C=O) groups is 2. The lowest BCUT2D eigenvalue weighted by Gasteiger charge is -2.37. The smallest absolute Gasteiger partial charge is 0.337 e. The number of dihydropyridines is 1. The molecule has 3 aliphatic rings. The highest BCUT2D eigenvalue weighted by Gasteiger charge is 2.42. The van der Waals surface area contributed by atoms with Crippen molar-refractivity contribution in [3.05, 3.63) is 68.5 Å². The summed E-state index contributed by atoms with van der Waals surface area (Å²) in [5.74, 6) is 0.267. The van der Waals surface area contributed by atoms with E-state index in [2.05, 4.69) is 21.2 Å². The Kier molecular flexibility index (Phi) is 9.16. The van der Waals surface area contributed by atoms with Crippen LogP contribution in [0, 0.1) is 0 Å². The maximum absolute atomic E-state index is 14.1. The maximum atomic E-state index is 14.1. The van der Waals surface area contributed by atoms with Crippen molar-refractivity contribution in [1.82, 2.24) is 5.32 Å². The first kappa shape index (κ1) is 30.0. The fraction of sp³-hybridized carbons (Fsp3) is 0.455. The van der Waals surface area contributed by atoms with Gasteiger partial charge in [0.25, 0.3) is 0 Å². The number of hydrogen-bond donors (Lipinski definition) is 2. The molecule has 42 heavy (non-hydrogen) atoms. The SMILES string of the molecule is CCOc1cc([C@H]2C(C(=O)OC3CCCCC3)=C(C)NC3=C2C(=O)C[C@@H](c2ccc(OC)c(OC)c2)C3)cc(Br)c1O. The number of ketones is 1. The van der Waals surface area contributed by atoms with E-state index in [1.165, 1.54) is 0 Å². The summed E-state index contributed by atoms with van der Waals surface area (Å²) in [5, 5.41) is 14.1. The van der Waals surface area contributed by atoms with Crippen LogP contribution in [-0.2, 0) is 14.3 Å². The Morgan fingerprint density at radius 3 is 2.40 bits per heavy atom. The molecule has 0 bridgehead atoms. The van der Waals surface area contributed by atoms with E-state index in [-0.39, 0.29) is 35.7 Å². The quantitative estimate of drug-likeness (QED) is 0.304. The zero-order valence-electron chi connectivity index (χ0n) is 24.6. The molecule has 0 radical (unpaired) electrons. The van der Waals surface area contributed by atoms with Crippen LogP contribution in [0.1, 0.15) is 81.8 Å². The van der Waals surface area contributed by atoms with Gasteiger partial charge in [-0.1, -0.05) is 12.5 Å². The highest BCUT2D eigenvalue weighted by molar-refractivity contribution is 9.10. The molecule has 9 heteroatoms. The van der Waals surface area contributed by atoms with E-state index in [4.69, 9.17) is 18.9 Å². The molecule has 2 atom stereocenters. The lowest BCUT2D eigenvalue weighted by atomic mass is 9.71. The van der Waals surface area contributed by atoms with Gasteiger partial charge in [-0.2, -0.15) is 0 Å². The number of Topliss-reactive ketones (excluding diaryl/α,β-unsaturated/α-hetero) is 1. The molecule has 224 valence electrons. The molecular weight excluding hydrogens is 602 g/mol. The molecule has 2 aliphatic carbocycles. The van der Waals surface area contributed by atoms with Gasteiger partial charge in [0.15, 0.2) is 28.8 Å². The summed E-state index contributed by atoms with van der Waals surface area (Å²) in [7, 11) is 3.19. The molecular formula is C33H38BrNO7. The normalized spacial score (nSPS) is 21.0. The fourth-order valence-corrected chi connectivity index (χ4v) is 6.87. The second kappa shape index (κ2) is 12.8. The third-order valence-corrected chi connectivity index (χ3v) is 9.04. The second-order valence-electron chi connectivity index (χ2n) is 11.1. The number of halogens is 1. The van der Waals surface area contributed by atoms with E-state index in [1.54, 1.807) is 26.4 Å². The number of benzene rings is 2. The number of rotatable bonds is 8. The summed E-state index contributed by atoms with van der Waals surface area (Å²) in [4.78, 5) is 27.9. The highest BCUT2D eigenvalue weighted by atomic mass is 79.9. The molecule has 2 aromatic rings. The molecule has 2 N–H and O–H groups in total. The van der Waals surface area contributed by atoms with Gasteiger partial charge in [-0.15, -0.1) is 0 Å². The van der Waals surface area contributed by atoms with Crippen LogP contribution in [0.4, 0.5) is 0 Å². The van der Waals surface area contributed by atoms with Crippen molar-refractivity contribution in [1.29, 1.82) is 0 Å². The number of ether oxygens (including phenoxy) is 4. The van der Waals surface area contributed by atoms with Crippen molar-refractivity contribution in [2.45, 2.75) is 76.7 Å². The Hall–Kier alpha value is -3.46. The Bertz CT molecular complexity index is 1440. The largest absolute Gasteiger partial charge is 0.503 e. The molecule has 0 unspecified atom stereocenters. The molecule has 0 spiro atoms. The molecule has 5 rings (SSSR count). The molecule has 0 saturated heterocycles. The van der Waals surface area contributed by atoms with Crippen molar-refractivity contribution in [3.8, 4) is 23.0 Å². The molecule has 1 heterocycles. The van der Waals surface area contributed by atoms with Gasteiger partial charge in [0.1, 0.15) is 6.10 Å². The number of hydrogen-bond acceptors (Lipinski definition) is 8. The van der Waals surface area contributed by atoms with Crippen LogP contribution >= 0.6 is 15.9 Å². The van der Waals surface area contributed by atoms with Gasteiger partial charge < -0.3 is 29.4 Å². The predicted octanol–water partition coefficient (Wildman–Crippen LogP) is 6.81. The van der Waals surface area contributed by atoms with Gasteiger partial charge in [0, 0.05) is 29.3 Å². The van der Waals surface area contributed by atoms with E-state index in [0.717, 1.165) is 43.4 Å². The van der Waals surface area contributed by atoms with Crippen LogP contribution in [0.3, 0.4) is 0 Å². The summed E-state index contributed by atoms with van der Waals surface area (Å²) in [6.07, 6.45) is 5.61. The van der Waals surface area contributed by atoms with E-state index in [9.17, 15) is 14.7 Å². The number of esters is 1. The highest BCUT2D eigenvalue weighted by Crippen LogP contribution is 2.49. The Morgan fingerprint density at radius 2 is 1.71 bits per heavy atom. The van der Waals surface area contributed by atoms with Gasteiger partial charge in [-0.25, -0.2) is 4.79 Å². The molecule has 0 amide bonds. The zero-order valence-corrected chi connectivity index (χ0v) is 26.1. The molecule has 1 aliphatic heterocycles. The number of methoxy groups -OCH3 is 2. The average Bonchev–Trinajstić information content (AvgIpc) is 2.98. The molecule has 1 fully saturated rings. The topological polar surface area (TPSA) is 103 Å². The van der Waals surface area contributed by atoms with E-state index in [1.807, 2.05) is 32.0 Å². The van der Waals surface area contributed by atoms with Crippen LogP contribution in [0.25, 0.3) is 0 Å². The number of aromatic hydroxyl groups is 1. The fourth-order valence-electron chi connectivity index (χ4n) is 6.41. The number of allylic oxidation sites excluding steroid dienone is 3. The lowest BCUT2D eigenvalue weighted by Crippen LogP contribution is -2.37. The van der Waals surface area contributed by atoms with Crippen LogP contribution < -0.4 is 19.5 Å². The standard InChI is InChI=1S/C33H38BrNO7/c1-5-41-28-17-21(13-23(34)32(28)37)30-29(33(38)42-22-9-7-6-8-10-22)18(2)35-24-14-20(15-25(36)31(24)30)19-11-12-26(39-3)27(16-19)40-4/h11-13,16-17,20,22,30,35,37H,5-10,14-15H2,1-4H3/t20-,30-/m0/s1. The van der Waals surface area contributed by atoms with Crippen LogP contribution in [0.2, 0.25) is 0 Å². The zero-order chi connectivity index (χ0) is 30.0. The van der Waals surface area contributed by atoms with Crippen LogP contribution in [-0.4, -0.2) is 43.8 Å². The number of carbonyl (C=O) groups excluding carboxylic acids is 2. The van der Waals surface area contributed by atoms with Gasteiger partial charge in [-0.3, -0.25) is 4.79 Å². The third-order valence-electron chi connectivity index (χ3n) is 8.44. The molecule has 2 aromatic carbocycles. The van der Waals surface area contributed by atoms with E-state index < -0.39 is 11.9 Å². The Morgan fingerprint density at radius 1 is 1.00 bits per heavy atom. The lowest BCUT2D eigenvalue weighted by molar-refractivity contribution is -0.146. The first-order valence-electron chi connectivity index (χ1n) is 14.6. The third kappa shape index (κ3) is 5.89. The Labute approximate surface area is 255 Å². The summed E-state index contributed by atoms with van der Waals surface area (Å²) in [5.41, 5.74) is 4.05. The minimum Gasteiger partial charge on any atom is -0.503 e. The number of nitrogens with one attached hydrogen (secondary N) is 1. The van der Waals surface area contributed by atoms with Gasteiger partial charge in [0.2, 0.25) is 0 Å². The van der Waals surface area contributed by atoms with Crippen molar-refractivity contribution in [3.63, 3.8) is 0 Å². The van der Waals surface area contributed by atoms with Crippen molar-refractivity contribution >= 4 is 27.7 Å². The van der Waals surface area contributed by atoms with Crippen LogP contribution in [0.15, 0.2) is 57.3 Å². The van der Waals surface area contributed by atoms with Gasteiger partial charge in [0.05, 0.1) is 30.9 Å². The first-order chi connectivity index (χ1) is 20.2. The summed E-state index contributed by atoms with van der Waals surface area (Å²) in [6.45, 7) is 4.04. The van der Waals surface area contributed by atoms with Crippen molar-refractivity contribution in [2.24, 2.45) is 0 Å². The van der Waals surface area contributed by atoms with E-state index in [0.29, 0.717) is 51.4 Å².